The number of cyclic esters (lactones) is 1. The van der Waals surface area contributed by atoms with Gasteiger partial charge in [0, 0.05) is 67.1 Å². The minimum absolute atomic E-state index is 0.0512. The average molecular weight is 1650 g/mol. The number of ether oxygens (including phenoxy) is 9. The van der Waals surface area contributed by atoms with Crippen LogP contribution in [-0.4, -0.2) is 226 Å². The normalized spacial score (nSPS) is 15.4. The fourth-order valence-electron chi connectivity index (χ4n) is 14.5. The van der Waals surface area contributed by atoms with Crippen molar-refractivity contribution in [1.82, 2.24) is 51.3 Å². The van der Waals surface area contributed by atoms with Crippen LogP contribution >= 0.6 is 0 Å². The van der Waals surface area contributed by atoms with E-state index in [0.29, 0.717) is 81.5 Å². The summed E-state index contributed by atoms with van der Waals surface area (Å²) in [6.07, 6.45) is 3.00. The van der Waals surface area contributed by atoms with Crippen LogP contribution in [0.1, 0.15) is 125 Å². The second kappa shape index (κ2) is 44.9. The van der Waals surface area contributed by atoms with Gasteiger partial charge in [-0.2, -0.15) is 0 Å². The first-order chi connectivity index (χ1) is 57.6. The van der Waals surface area contributed by atoms with E-state index in [9.17, 15) is 63.0 Å². The van der Waals surface area contributed by atoms with Crippen molar-refractivity contribution in [2.24, 2.45) is 5.92 Å². The number of amides is 7. The lowest BCUT2D eigenvalue weighted by Crippen LogP contribution is -2.57. The standard InChI is InChI=1S/C86H107N11O22/c1-6-58-61-16-10-11-18-66(61)94-79-63(58)52-97-70(79)48-65-64(81(97)106)53-118-84(109)86(65,7-2)119-83(108)78(54(3)4)95-80(105)69-19-14-33-96(69)82(107)68(50-77(103)104)93-74(99)28-34-111-37-40-114-41-38-112-35-31-89-85(110)90-32-36-113-39-42-115-43-44-116-45-46-117-71-26-25-59(60-15-8-9-17-62(60)71)56-21-23-57(24-22-56)67(49-76(101)102)92-75(100)51-91-73(98)20-12-13-29-87-72-47-55(5)27-30-88-72/h8-11,15-18,21-27,30,47-48,54,67-69,78H,6-7,12-14,19-20,28-29,31-46,49-53H2,1-5H3,(H,87,88)(H,91,98)(H,92,100)(H,93,99)(H,95,105)(H,101,102)(H,103,104)(H2,89,90,110)/t67-,68?,69?,78-,86-/m0/s1. The molecule has 0 radical (unpaired) electrons. The first-order valence-electron chi connectivity index (χ1n) is 40.4. The Morgan fingerprint density at radius 3 is 1.95 bits per heavy atom. The van der Waals surface area contributed by atoms with E-state index >= 15 is 0 Å². The van der Waals surface area contributed by atoms with Crippen LogP contribution in [0, 0.1) is 12.8 Å². The molecule has 7 amide bonds. The van der Waals surface area contributed by atoms with Crippen LogP contribution in [0.2, 0.25) is 0 Å². The molecule has 0 saturated carbocycles. The van der Waals surface area contributed by atoms with Crippen molar-refractivity contribution in [2.75, 3.05) is 124 Å². The molecule has 5 atom stereocenters. The second-order valence-corrected chi connectivity index (χ2v) is 29.2. The number of aryl methyl sites for hydroxylation is 2. The number of carbonyl (C=O) groups is 10. The third kappa shape index (κ3) is 24.8. The fourth-order valence-corrected chi connectivity index (χ4v) is 14.5. The molecule has 33 heteroatoms. The van der Waals surface area contributed by atoms with Gasteiger partial charge < -0.3 is 99.5 Å². The Hall–Kier alpha value is -11.5. The molecule has 7 aromatic rings. The summed E-state index contributed by atoms with van der Waals surface area (Å²) in [6, 6.07) is 26.9. The van der Waals surface area contributed by atoms with Gasteiger partial charge in [-0.05, 0) is 115 Å². The molecule has 3 aromatic heterocycles. The summed E-state index contributed by atoms with van der Waals surface area (Å²) in [6.45, 7) is 12.8. The minimum Gasteiger partial charge on any atom is -0.491 e. The zero-order valence-corrected chi connectivity index (χ0v) is 67.8. The Morgan fingerprint density at radius 1 is 0.647 bits per heavy atom. The molecule has 9 N–H and O–H groups in total. The summed E-state index contributed by atoms with van der Waals surface area (Å²) in [5, 5.41) is 41.5. The lowest BCUT2D eigenvalue weighted by atomic mass is 9.85. The highest BCUT2D eigenvalue weighted by Gasteiger charge is 2.52. The summed E-state index contributed by atoms with van der Waals surface area (Å²) < 4.78 is 53.0. The number of benzene rings is 4. The number of nitrogens with one attached hydrogen (secondary N) is 7. The van der Waals surface area contributed by atoms with Crippen molar-refractivity contribution in [2.45, 2.75) is 142 Å². The maximum Gasteiger partial charge on any atom is 0.355 e. The Balaban J connectivity index is 0.534. The lowest BCUT2D eigenvalue weighted by Gasteiger charge is -2.37. The minimum atomic E-state index is -2.08. The molecule has 2 unspecified atom stereocenters. The number of pyridine rings is 3. The molecule has 119 heavy (non-hydrogen) atoms. The summed E-state index contributed by atoms with van der Waals surface area (Å²) in [7, 11) is 0. The average Bonchev–Trinajstić information content (AvgIpc) is 1.61. The molecule has 10 rings (SSSR count). The van der Waals surface area contributed by atoms with Crippen molar-refractivity contribution in [1.29, 1.82) is 0 Å². The van der Waals surface area contributed by atoms with Crippen molar-refractivity contribution in [3.05, 3.63) is 153 Å². The predicted octanol–water partition coefficient (Wildman–Crippen LogP) is 6.71. The molecule has 33 nitrogen and oxygen atoms in total. The van der Waals surface area contributed by atoms with Crippen molar-refractivity contribution in [3.8, 4) is 28.3 Å². The largest absolute Gasteiger partial charge is 0.491 e. The third-order valence-corrected chi connectivity index (χ3v) is 20.6. The number of aromatic nitrogens is 3. The van der Waals surface area contributed by atoms with Gasteiger partial charge in [0.05, 0.1) is 134 Å². The maximum atomic E-state index is 14.5. The predicted molar refractivity (Wildman–Crippen MR) is 437 cm³/mol. The van der Waals surface area contributed by atoms with Crippen LogP contribution in [0.3, 0.4) is 0 Å². The van der Waals surface area contributed by atoms with E-state index in [1.165, 1.54) is 4.90 Å². The summed E-state index contributed by atoms with van der Waals surface area (Å²) in [5.41, 5.74) is 5.02. The zero-order chi connectivity index (χ0) is 84.8. The number of unbranched alkanes of at least 4 members (excludes halogenated alkanes) is 1. The number of anilines is 1. The van der Waals surface area contributed by atoms with Crippen LogP contribution in [0.4, 0.5) is 10.6 Å². The number of urea groups is 1. The number of carbonyl (C=O) groups excluding carboxylic acids is 8. The molecular formula is C86H107N11O22. The van der Waals surface area contributed by atoms with E-state index in [1.807, 2.05) is 98.8 Å². The van der Waals surface area contributed by atoms with Crippen molar-refractivity contribution < 1.29 is 101 Å². The van der Waals surface area contributed by atoms with Gasteiger partial charge in [0.15, 0.2) is 0 Å². The van der Waals surface area contributed by atoms with E-state index in [2.05, 4.69) is 42.2 Å². The number of hydrogen-bond acceptors (Lipinski definition) is 23. The van der Waals surface area contributed by atoms with Gasteiger partial charge >= 0.3 is 29.9 Å². The number of esters is 2. The molecule has 6 heterocycles. The summed E-state index contributed by atoms with van der Waals surface area (Å²) >= 11 is 0. The number of nitrogens with zero attached hydrogens (tertiary/aromatic N) is 4. The first kappa shape index (κ1) is 89.8. The van der Waals surface area contributed by atoms with Crippen LogP contribution in [0.5, 0.6) is 5.75 Å². The van der Waals surface area contributed by atoms with E-state index in [-0.39, 0.29) is 141 Å². The van der Waals surface area contributed by atoms with Crippen molar-refractivity contribution in [3.63, 3.8) is 0 Å². The third-order valence-electron chi connectivity index (χ3n) is 20.6. The molecule has 4 aromatic carbocycles. The fraction of sp³-hybridized carbons (Fsp3) is 0.477. The van der Waals surface area contributed by atoms with Gasteiger partial charge in [0.25, 0.3) is 5.56 Å². The smallest absolute Gasteiger partial charge is 0.355 e. The maximum absolute atomic E-state index is 14.5. The molecule has 0 bridgehead atoms. The summed E-state index contributed by atoms with van der Waals surface area (Å²) in [5.74, 6) is -6.52. The van der Waals surface area contributed by atoms with Gasteiger partial charge in [-0.1, -0.05) is 100 Å². The Kier molecular flexibility index (Phi) is 33.9. The number of carboxylic acid groups (broad SMARTS) is 2. The second-order valence-electron chi connectivity index (χ2n) is 29.2. The molecule has 1 fully saturated rings. The molecule has 0 aliphatic carbocycles. The Labute approximate surface area is 688 Å². The van der Waals surface area contributed by atoms with Gasteiger partial charge in [0.1, 0.15) is 42.9 Å². The summed E-state index contributed by atoms with van der Waals surface area (Å²) in [4.78, 5) is 156. The molecule has 3 aliphatic rings. The molecule has 1 saturated heterocycles. The number of aliphatic carboxylic acids is 2. The van der Waals surface area contributed by atoms with Gasteiger partial charge in [-0.15, -0.1) is 0 Å². The van der Waals surface area contributed by atoms with E-state index in [0.717, 1.165) is 61.7 Å². The Bertz CT molecular complexity index is 4770. The number of para-hydroxylation sites is 1. The van der Waals surface area contributed by atoms with Gasteiger partial charge in [0.2, 0.25) is 35.1 Å². The SMILES string of the molecule is CCc1c2c(nc3ccccc13)-c1cc3c(c(=O)n1C2)COC(=O)[C@@]3(CC)OC(=O)[C@@H](NC(=O)C1CCCN1C(=O)C(CC(=O)O)NC(=O)CCOCCOCCOCCNC(=O)NCCOCCOCCOCCOc1ccc(-c2ccc([C@H](CC(=O)O)NC(=O)CNC(=O)CCCCNc3cc(C)ccn3)cc2)c2ccccc12)C(C)C. The molecule has 638 valence electrons. The molecular weight excluding hydrogens is 1540 g/mol. The number of carboxylic acids is 2. The van der Waals surface area contributed by atoms with Crippen molar-refractivity contribution >= 4 is 86.9 Å². The quantitative estimate of drug-likeness (QED) is 0.0141. The highest BCUT2D eigenvalue weighted by molar-refractivity contribution is 6.01. The van der Waals surface area contributed by atoms with Crippen LogP contribution in [-0.2, 0) is 106 Å². The van der Waals surface area contributed by atoms with E-state index < -0.39 is 101 Å². The molecule has 3 aliphatic heterocycles. The van der Waals surface area contributed by atoms with E-state index in [1.54, 1.807) is 49.7 Å². The van der Waals surface area contributed by atoms with E-state index in [4.69, 9.17) is 47.6 Å². The van der Waals surface area contributed by atoms with Crippen LogP contribution < -0.4 is 47.5 Å². The lowest BCUT2D eigenvalue weighted by molar-refractivity contribution is -0.191. The highest BCUT2D eigenvalue weighted by atomic mass is 16.6. The number of rotatable bonds is 49. The van der Waals surface area contributed by atoms with Gasteiger partial charge in [-0.25, -0.2) is 24.4 Å². The van der Waals surface area contributed by atoms with Crippen LogP contribution in [0.25, 0.3) is 44.2 Å². The topological polar surface area (TPSA) is 429 Å². The number of likely N-dealkylation sites (tertiary alicyclic amines) is 1. The molecule has 0 spiro atoms. The van der Waals surface area contributed by atoms with Crippen LogP contribution in [0.15, 0.2) is 114 Å². The van der Waals surface area contributed by atoms with Gasteiger partial charge in [-0.3, -0.25) is 38.4 Å². The monoisotopic (exact) mass is 1650 g/mol. The number of fused-ring (bicyclic) bond motifs is 6. The first-order valence-corrected chi connectivity index (χ1v) is 40.4. The zero-order valence-electron chi connectivity index (χ0n) is 67.8. The number of hydrogen-bond donors (Lipinski definition) is 9. The highest BCUT2D eigenvalue weighted by Crippen LogP contribution is 2.43. The Morgan fingerprint density at radius 2 is 1.29 bits per heavy atom.